The molecule has 0 spiro atoms. The summed E-state index contributed by atoms with van der Waals surface area (Å²) >= 11 is -0.750. The maximum atomic E-state index is 13.3. The molecule has 13 heteroatoms. The highest BCUT2D eigenvalue weighted by molar-refractivity contribution is 7.51. The van der Waals surface area contributed by atoms with Crippen LogP contribution in [0.1, 0.15) is 36.9 Å². The number of nitrogens with zero attached hydrogens (tertiary/aromatic N) is 6. The van der Waals surface area contributed by atoms with Gasteiger partial charge in [0.15, 0.2) is 5.82 Å². The van der Waals surface area contributed by atoms with Crippen LogP contribution in [0.15, 0.2) is 29.0 Å². The predicted octanol–water partition coefficient (Wildman–Crippen LogP) is 3.87. The maximum absolute atomic E-state index is 13.3. The van der Waals surface area contributed by atoms with Gasteiger partial charge in [-0.3, -0.25) is 9.97 Å². The first-order chi connectivity index (χ1) is 16.1. The molecule has 1 aliphatic rings. The number of alkyl halides is 3. The number of imidazole rings is 1. The zero-order chi connectivity index (χ0) is 24.7. The fraction of sp³-hybridized carbons (Fsp3) is 0.381. The van der Waals surface area contributed by atoms with E-state index in [1.807, 2.05) is 37.6 Å². The van der Waals surface area contributed by atoms with Crippen LogP contribution in [0.4, 0.5) is 13.2 Å². The number of fused-ring (bicyclic) bond motifs is 1. The van der Waals surface area contributed by atoms with Crippen molar-refractivity contribution in [1.29, 1.82) is 0 Å². The molecule has 9 nitrogen and oxygen atoms in total. The molecule has 34 heavy (non-hydrogen) atoms. The lowest BCUT2D eigenvalue weighted by Crippen LogP contribution is -2.28. The van der Waals surface area contributed by atoms with Gasteiger partial charge >= 0.3 is 17.7 Å². The molecule has 0 bridgehead atoms. The number of rotatable bonds is 4. The van der Waals surface area contributed by atoms with Crippen LogP contribution in [0.5, 0.6) is 0 Å². The second-order valence-corrected chi connectivity index (χ2v) is 8.10. The molecule has 4 heterocycles. The van der Waals surface area contributed by atoms with Crippen molar-refractivity contribution >= 4 is 22.6 Å². The fourth-order valence-corrected chi connectivity index (χ4v) is 3.78. The Morgan fingerprint density at radius 3 is 2.47 bits per heavy atom. The summed E-state index contributed by atoms with van der Waals surface area (Å²) in [5.41, 5.74) is 2.66. The van der Waals surface area contributed by atoms with Gasteiger partial charge in [-0.2, -0.15) is 26.6 Å². The molecule has 0 aliphatic heterocycles. The summed E-state index contributed by atoms with van der Waals surface area (Å²) in [5.74, 6) is 0.410. The van der Waals surface area contributed by atoms with Gasteiger partial charge in [-0.25, -0.2) is 4.98 Å². The summed E-state index contributed by atoms with van der Waals surface area (Å²) in [6.07, 6.45) is -0.503. The van der Waals surface area contributed by atoms with Crippen LogP contribution in [0.2, 0.25) is 0 Å². The number of pyridine rings is 2. The van der Waals surface area contributed by atoms with Crippen molar-refractivity contribution in [3.63, 3.8) is 0 Å². The molecular weight excluding hydrogens is 473 g/mol. The molecule has 1 saturated carbocycles. The first kappa shape index (κ1) is 23.7. The van der Waals surface area contributed by atoms with Gasteiger partial charge in [0.2, 0.25) is 11.7 Å². The Morgan fingerprint density at radius 2 is 1.85 bits per heavy atom. The van der Waals surface area contributed by atoms with Crippen molar-refractivity contribution in [2.45, 2.75) is 44.7 Å². The molecule has 0 saturated heterocycles. The summed E-state index contributed by atoms with van der Waals surface area (Å²) < 4.78 is 63.6. The largest absolute Gasteiger partial charge is 0.403 e. The maximum Gasteiger partial charge on any atom is 0.403 e. The molecular formula is C21H19F3N6O3S. The number of hydrogen-bond donors (Lipinski definition) is 0. The van der Waals surface area contributed by atoms with Crippen LogP contribution >= 0.6 is 0 Å². The molecule has 0 radical (unpaired) electrons. The third-order valence-electron chi connectivity index (χ3n) is 5.85. The fourth-order valence-electron chi connectivity index (χ4n) is 3.78. The number of aromatic nitrogens is 6. The molecule has 0 amide bonds. The minimum Gasteiger partial charge on any atom is -0.338 e. The summed E-state index contributed by atoms with van der Waals surface area (Å²) in [5, 5.41) is 3.79. The van der Waals surface area contributed by atoms with Gasteiger partial charge in [-0.05, 0) is 43.9 Å². The predicted molar refractivity (Wildman–Crippen MR) is 115 cm³/mol. The van der Waals surface area contributed by atoms with Gasteiger partial charge < -0.3 is 9.09 Å². The van der Waals surface area contributed by atoms with Gasteiger partial charge in [0.1, 0.15) is 11.1 Å². The van der Waals surface area contributed by atoms with E-state index < -0.39 is 23.2 Å². The second kappa shape index (κ2) is 8.70. The van der Waals surface area contributed by atoms with Gasteiger partial charge in [-0.1, -0.05) is 12.1 Å². The van der Waals surface area contributed by atoms with E-state index >= 15 is 0 Å². The van der Waals surface area contributed by atoms with E-state index in [9.17, 15) is 13.2 Å². The topological polar surface area (TPSA) is 117 Å². The SMILES string of the molecule is CCc1cc(-c2noc(C3(C(F)(F)F)CC3)n2)cnc1-c1nc2cc(C)ncc2n1C.O=S=O. The Kier molecular flexibility index (Phi) is 6.06. The Morgan fingerprint density at radius 1 is 1.15 bits per heavy atom. The van der Waals surface area contributed by atoms with Crippen molar-refractivity contribution in [1.82, 2.24) is 29.7 Å². The van der Waals surface area contributed by atoms with E-state index in [2.05, 4.69) is 20.1 Å². The Hall–Kier alpha value is -3.48. The van der Waals surface area contributed by atoms with E-state index in [0.29, 0.717) is 23.5 Å². The summed E-state index contributed by atoms with van der Waals surface area (Å²) in [7, 11) is 1.90. The van der Waals surface area contributed by atoms with Crippen molar-refractivity contribution < 1.29 is 26.1 Å². The molecule has 0 aromatic carbocycles. The van der Waals surface area contributed by atoms with Gasteiger partial charge in [0.25, 0.3) is 0 Å². The van der Waals surface area contributed by atoms with Crippen LogP contribution in [0, 0.1) is 6.92 Å². The average Bonchev–Trinajstić information content (AvgIpc) is 3.37. The Bertz CT molecular complexity index is 1400. The minimum atomic E-state index is -4.40. The van der Waals surface area contributed by atoms with Crippen LogP contribution in [-0.2, 0) is 30.5 Å². The lowest BCUT2D eigenvalue weighted by Gasteiger charge is -2.13. The third-order valence-corrected chi connectivity index (χ3v) is 5.85. The van der Waals surface area contributed by atoms with E-state index in [1.165, 1.54) is 0 Å². The Labute approximate surface area is 195 Å². The molecule has 178 valence electrons. The number of aryl methyl sites for hydroxylation is 3. The first-order valence-corrected chi connectivity index (χ1v) is 10.9. The Balaban J connectivity index is 0.000000868. The average molecular weight is 492 g/mol. The standard InChI is InChI=1S/C21H19F3N6O.O2S/c1-4-12-8-13(17-28-19(31-29-17)20(5-6-20)21(22,23)24)9-26-16(12)18-27-14-7-11(2)25-10-15(14)30(18)3;1-3-2/h7-10H,4-6H2,1-3H3;. The third kappa shape index (κ3) is 4.00. The monoisotopic (exact) mass is 492 g/mol. The molecule has 4 aromatic heterocycles. The van der Waals surface area contributed by atoms with Crippen molar-refractivity contribution in [3.8, 4) is 22.9 Å². The van der Waals surface area contributed by atoms with E-state index in [0.717, 1.165) is 22.3 Å². The summed E-state index contributed by atoms with van der Waals surface area (Å²) in [6.45, 7) is 3.88. The lowest BCUT2D eigenvalue weighted by atomic mass is 10.1. The van der Waals surface area contributed by atoms with E-state index in [-0.39, 0.29) is 24.6 Å². The van der Waals surface area contributed by atoms with Crippen LogP contribution in [0.3, 0.4) is 0 Å². The minimum absolute atomic E-state index is 0.0312. The van der Waals surface area contributed by atoms with Crippen molar-refractivity contribution in [3.05, 3.63) is 41.7 Å². The van der Waals surface area contributed by atoms with Gasteiger partial charge in [-0.15, -0.1) is 0 Å². The number of halogens is 3. The van der Waals surface area contributed by atoms with Gasteiger partial charge in [0, 0.05) is 24.5 Å². The number of hydrogen-bond acceptors (Lipinski definition) is 8. The van der Waals surface area contributed by atoms with E-state index in [1.54, 1.807) is 12.4 Å². The first-order valence-electron chi connectivity index (χ1n) is 10.3. The van der Waals surface area contributed by atoms with Crippen LogP contribution in [0.25, 0.3) is 33.9 Å². The molecule has 4 aromatic rings. The highest BCUT2D eigenvalue weighted by Crippen LogP contribution is 2.58. The molecule has 0 N–H and O–H groups in total. The van der Waals surface area contributed by atoms with Crippen LogP contribution in [-0.4, -0.2) is 44.3 Å². The van der Waals surface area contributed by atoms with E-state index in [4.69, 9.17) is 17.9 Å². The van der Waals surface area contributed by atoms with Crippen molar-refractivity contribution in [2.24, 2.45) is 7.05 Å². The second-order valence-electron chi connectivity index (χ2n) is 7.97. The van der Waals surface area contributed by atoms with Crippen molar-refractivity contribution in [2.75, 3.05) is 0 Å². The molecule has 1 fully saturated rings. The zero-order valence-electron chi connectivity index (χ0n) is 18.4. The zero-order valence-corrected chi connectivity index (χ0v) is 19.2. The van der Waals surface area contributed by atoms with Gasteiger partial charge in [0.05, 0.1) is 17.2 Å². The normalized spacial score (nSPS) is 14.5. The van der Waals surface area contributed by atoms with Crippen LogP contribution < -0.4 is 0 Å². The molecule has 5 rings (SSSR count). The molecule has 0 atom stereocenters. The molecule has 1 aliphatic carbocycles. The quantitative estimate of drug-likeness (QED) is 0.421. The smallest absolute Gasteiger partial charge is 0.338 e. The highest BCUT2D eigenvalue weighted by Gasteiger charge is 2.68. The summed E-state index contributed by atoms with van der Waals surface area (Å²) in [4.78, 5) is 17.7. The lowest BCUT2D eigenvalue weighted by molar-refractivity contribution is -0.166. The molecule has 0 unspecified atom stereocenters. The summed E-state index contributed by atoms with van der Waals surface area (Å²) in [6, 6.07) is 3.74. The highest BCUT2D eigenvalue weighted by atomic mass is 32.1.